The molecule has 7 heteroatoms. The van der Waals surface area contributed by atoms with Crippen LogP contribution in [0.1, 0.15) is 42.2 Å². The zero-order valence-corrected chi connectivity index (χ0v) is 20.8. The molecule has 1 amide bonds. The molecule has 0 N–H and O–H groups in total. The SMILES string of the molecule is COc1ccc(/C=C2\CCCC3C2=NN(C(=O)/C(C#N)=C/c2ccco2)C3c2ccc(OC)cc2)cc1. The van der Waals surface area contributed by atoms with Crippen LogP contribution in [0.5, 0.6) is 11.5 Å². The van der Waals surface area contributed by atoms with Crippen LogP contribution in [0, 0.1) is 17.2 Å². The molecule has 2 aliphatic rings. The van der Waals surface area contributed by atoms with E-state index in [9.17, 15) is 10.1 Å². The van der Waals surface area contributed by atoms with Crippen LogP contribution in [0.4, 0.5) is 0 Å². The van der Waals surface area contributed by atoms with Gasteiger partial charge in [0.05, 0.1) is 32.2 Å². The smallest absolute Gasteiger partial charge is 0.285 e. The first kappa shape index (κ1) is 24.1. The second kappa shape index (κ2) is 10.6. The third kappa shape index (κ3) is 4.91. The van der Waals surface area contributed by atoms with Gasteiger partial charge >= 0.3 is 0 Å². The minimum absolute atomic E-state index is 0.0131. The van der Waals surface area contributed by atoms with E-state index in [0.29, 0.717) is 5.76 Å². The fourth-order valence-corrected chi connectivity index (χ4v) is 4.98. The summed E-state index contributed by atoms with van der Waals surface area (Å²) in [5.41, 5.74) is 3.95. The van der Waals surface area contributed by atoms with E-state index in [4.69, 9.17) is 19.0 Å². The third-order valence-electron chi connectivity index (χ3n) is 6.80. The Hall–Kier alpha value is -4.57. The molecule has 2 atom stereocenters. The van der Waals surface area contributed by atoms with Gasteiger partial charge in [0.1, 0.15) is 28.9 Å². The van der Waals surface area contributed by atoms with Crippen LogP contribution >= 0.6 is 0 Å². The summed E-state index contributed by atoms with van der Waals surface area (Å²) >= 11 is 0. The van der Waals surface area contributed by atoms with Crippen molar-refractivity contribution in [2.45, 2.75) is 25.3 Å². The quantitative estimate of drug-likeness (QED) is 0.309. The number of nitrogens with zero attached hydrogens (tertiary/aromatic N) is 3. The van der Waals surface area contributed by atoms with Gasteiger partial charge in [-0.2, -0.15) is 10.4 Å². The highest BCUT2D eigenvalue weighted by molar-refractivity contribution is 6.10. The lowest BCUT2D eigenvalue weighted by molar-refractivity contribution is -0.129. The summed E-state index contributed by atoms with van der Waals surface area (Å²) in [5, 5.41) is 16.2. The Morgan fingerprint density at radius 1 is 1.08 bits per heavy atom. The number of methoxy groups -OCH3 is 2. The summed E-state index contributed by atoms with van der Waals surface area (Å²) in [5.74, 6) is 1.53. The Balaban J connectivity index is 1.56. The Morgan fingerprint density at radius 2 is 1.78 bits per heavy atom. The van der Waals surface area contributed by atoms with E-state index in [2.05, 4.69) is 6.08 Å². The number of hydrogen-bond donors (Lipinski definition) is 0. The summed E-state index contributed by atoms with van der Waals surface area (Å²) in [6, 6.07) is 20.7. The first-order valence-electron chi connectivity index (χ1n) is 12.2. The normalized spacial score (nSPS) is 20.2. The highest BCUT2D eigenvalue weighted by Gasteiger charge is 2.44. The van der Waals surface area contributed by atoms with E-state index in [1.54, 1.807) is 26.4 Å². The van der Waals surface area contributed by atoms with Crippen molar-refractivity contribution in [1.82, 2.24) is 5.01 Å². The molecule has 7 nitrogen and oxygen atoms in total. The molecule has 1 aromatic heterocycles. The topological polar surface area (TPSA) is 88.1 Å². The number of carbonyl (C=O) groups excluding carboxylic acids is 1. The predicted molar refractivity (Wildman–Crippen MR) is 141 cm³/mol. The van der Waals surface area contributed by atoms with E-state index in [1.165, 1.54) is 17.3 Å². The van der Waals surface area contributed by atoms with Crippen molar-refractivity contribution in [1.29, 1.82) is 5.26 Å². The van der Waals surface area contributed by atoms with Crippen molar-refractivity contribution in [3.8, 4) is 17.6 Å². The average molecular weight is 494 g/mol. The van der Waals surface area contributed by atoms with Crippen molar-refractivity contribution >= 4 is 23.8 Å². The molecule has 0 radical (unpaired) electrons. The number of furan rings is 1. The minimum atomic E-state index is -0.453. The first-order valence-corrected chi connectivity index (χ1v) is 12.2. The summed E-state index contributed by atoms with van der Waals surface area (Å²) < 4.78 is 16.0. The number of carbonyl (C=O) groups is 1. The van der Waals surface area contributed by atoms with Crippen LogP contribution in [0.25, 0.3) is 12.2 Å². The summed E-state index contributed by atoms with van der Waals surface area (Å²) in [6.45, 7) is 0. The second-order valence-corrected chi connectivity index (χ2v) is 8.98. The zero-order valence-electron chi connectivity index (χ0n) is 20.8. The molecule has 0 bridgehead atoms. The van der Waals surface area contributed by atoms with Gasteiger partial charge < -0.3 is 13.9 Å². The monoisotopic (exact) mass is 493 g/mol. The highest BCUT2D eigenvalue weighted by Crippen LogP contribution is 2.45. The van der Waals surface area contributed by atoms with E-state index in [1.807, 2.05) is 54.6 Å². The maximum atomic E-state index is 13.7. The molecule has 2 heterocycles. The van der Waals surface area contributed by atoms with Crippen molar-refractivity contribution in [2.75, 3.05) is 14.2 Å². The Bertz CT molecular complexity index is 1390. The van der Waals surface area contributed by atoms with E-state index in [0.717, 1.165) is 53.2 Å². The van der Waals surface area contributed by atoms with E-state index >= 15 is 0 Å². The van der Waals surface area contributed by atoms with E-state index < -0.39 is 5.91 Å². The molecule has 37 heavy (non-hydrogen) atoms. The van der Waals surface area contributed by atoms with Gasteiger partial charge in [-0.1, -0.05) is 24.3 Å². The van der Waals surface area contributed by atoms with Gasteiger partial charge in [0.25, 0.3) is 5.91 Å². The van der Waals surface area contributed by atoms with Crippen molar-refractivity contribution < 1.29 is 18.7 Å². The fraction of sp³-hybridized carbons (Fsp3) is 0.233. The summed E-state index contributed by atoms with van der Waals surface area (Å²) in [6.07, 6.45) is 7.84. The van der Waals surface area contributed by atoms with E-state index in [-0.39, 0.29) is 17.5 Å². The molecule has 2 unspecified atom stereocenters. The Morgan fingerprint density at radius 3 is 2.41 bits per heavy atom. The van der Waals surface area contributed by atoms with Crippen LogP contribution in [0.15, 0.2) is 87.6 Å². The third-order valence-corrected chi connectivity index (χ3v) is 6.80. The van der Waals surface area contributed by atoms with Gasteiger partial charge in [0.2, 0.25) is 0 Å². The second-order valence-electron chi connectivity index (χ2n) is 8.98. The van der Waals surface area contributed by atoms with Gasteiger partial charge in [-0.3, -0.25) is 4.79 Å². The maximum Gasteiger partial charge on any atom is 0.285 e. The molecule has 0 spiro atoms. The molecule has 0 saturated heterocycles. The number of hydrogen-bond acceptors (Lipinski definition) is 6. The molecule has 2 aromatic carbocycles. The van der Waals surface area contributed by atoms with Gasteiger partial charge in [0, 0.05) is 12.0 Å². The molecule has 1 aliphatic carbocycles. The summed E-state index contributed by atoms with van der Waals surface area (Å²) in [4.78, 5) is 13.7. The molecule has 1 aliphatic heterocycles. The largest absolute Gasteiger partial charge is 0.497 e. The molecule has 5 rings (SSSR count). The fourth-order valence-electron chi connectivity index (χ4n) is 4.98. The van der Waals surface area contributed by atoms with Gasteiger partial charge in [-0.05, 0) is 78.4 Å². The standard InChI is InChI=1S/C30H27N3O4/c1-35-24-12-8-20(9-13-24)17-22-5-3-7-27-28(22)32-33(29(27)21-10-14-25(36-2)15-11-21)30(34)23(19-31)18-26-6-4-16-37-26/h4,6,8-18,27,29H,3,5,7H2,1-2H3/b22-17+,23-18+. The molecular weight excluding hydrogens is 466 g/mol. The zero-order chi connectivity index (χ0) is 25.8. The number of benzene rings is 2. The summed E-state index contributed by atoms with van der Waals surface area (Å²) in [7, 11) is 3.27. The van der Waals surface area contributed by atoms with Crippen molar-refractivity contribution in [3.63, 3.8) is 0 Å². The highest BCUT2D eigenvalue weighted by atomic mass is 16.5. The molecule has 1 saturated carbocycles. The number of allylic oxidation sites excluding steroid dienone is 1. The molecule has 1 fully saturated rings. The Kier molecular flexibility index (Phi) is 6.91. The number of amides is 1. The van der Waals surface area contributed by atoms with Crippen LogP contribution in [0.2, 0.25) is 0 Å². The van der Waals surface area contributed by atoms with Crippen LogP contribution in [0.3, 0.4) is 0 Å². The number of nitriles is 1. The van der Waals surface area contributed by atoms with Gasteiger partial charge in [-0.15, -0.1) is 0 Å². The van der Waals surface area contributed by atoms with Crippen LogP contribution < -0.4 is 9.47 Å². The molecule has 186 valence electrons. The number of fused-ring (bicyclic) bond motifs is 1. The lowest BCUT2D eigenvalue weighted by Gasteiger charge is -2.29. The van der Waals surface area contributed by atoms with Crippen molar-refractivity contribution in [2.24, 2.45) is 11.0 Å². The van der Waals surface area contributed by atoms with Crippen molar-refractivity contribution in [3.05, 3.63) is 95.0 Å². The number of ether oxygens (including phenoxy) is 2. The maximum absolute atomic E-state index is 13.7. The lowest BCUT2D eigenvalue weighted by Crippen LogP contribution is -2.32. The number of rotatable bonds is 6. The molecule has 3 aromatic rings. The van der Waals surface area contributed by atoms with Gasteiger partial charge in [0.15, 0.2) is 0 Å². The van der Waals surface area contributed by atoms with Gasteiger partial charge in [-0.25, -0.2) is 5.01 Å². The molecular formula is C30H27N3O4. The van der Waals surface area contributed by atoms with Crippen LogP contribution in [-0.2, 0) is 4.79 Å². The van der Waals surface area contributed by atoms with Crippen LogP contribution in [-0.4, -0.2) is 30.8 Å². The average Bonchev–Trinajstić information content (AvgIpc) is 3.60. The number of hydrazone groups is 1. The Labute approximate surface area is 215 Å². The predicted octanol–water partition coefficient (Wildman–Crippen LogP) is 6.03. The first-order chi connectivity index (χ1) is 18.1. The lowest BCUT2D eigenvalue weighted by atomic mass is 9.77. The minimum Gasteiger partial charge on any atom is -0.497 e.